The zero-order valence-electron chi connectivity index (χ0n) is 11.8. The lowest BCUT2D eigenvalue weighted by atomic mass is 10.2. The number of aryl methyl sites for hydroxylation is 1. The fourth-order valence-electron chi connectivity index (χ4n) is 2.11. The molecule has 0 spiro atoms. The second-order valence-corrected chi connectivity index (χ2v) is 5.09. The van der Waals surface area contributed by atoms with Crippen molar-refractivity contribution in [3.8, 4) is 0 Å². The molecule has 0 aliphatic carbocycles. The highest BCUT2D eigenvalue weighted by molar-refractivity contribution is 6.31. The van der Waals surface area contributed by atoms with E-state index >= 15 is 0 Å². The predicted octanol–water partition coefficient (Wildman–Crippen LogP) is 2.70. The smallest absolute Gasteiger partial charge is 0.270 e. The van der Waals surface area contributed by atoms with Crippen LogP contribution in [0, 0.1) is 0 Å². The van der Waals surface area contributed by atoms with Crippen LogP contribution < -0.4 is 5.73 Å². The molecule has 0 fully saturated rings. The van der Waals surface area contributed by atoms with E-state index < -0.39 is 0 Å². The first kappa shape index (κ1) is 17.6. The molecule has 0 saturated heterocycles. The van der Waals surface area contributed by atoms with E-state index in [9.17, 15) is 4.79 Å². The highest BCUT2D eigenvalue weighted by Crippen LogP contribution is 2.16. The van der Waals surface area contributed by atoms with Crippen molar-refractivity contribution in [2.24, 2.45) is 12.8 Å². The monoisotopic (exact) mass is 327 g/mol. The van der Waals surface area contributed by atoms with Crippen molar-refractivity contribution in [3.63, 3.8) is 0 Å². The van der Waals surface area contributed by atoms with Crippen LogP contribution in [-0.2, 0) is 13.6 Å². The maximum Gasteiger partial charge on any atom is 0.270 e. The van der Waals surface area contributed by atoms with Crippen LogP contribution in [0.15, 0.2) is 42.6 Å². The van der Waals surface area contributed by atoms with E-state index in [4.69, 9.17) is 17.3 Å². The van der Waals surface area contributed by atoms with E-state index in [2.05, 4.69) is 0 Å². The molecule has 2 aromatic rings. The molecule has 0 aliphatic rings. The number of rotatable bonds is 5. The normalized spacial score (nSPS) is 10.0. The molecule has 21 heavy (non-hydrogen) atoms. The summed E-state index contributed by atoms with van der Waals surface area (Å²) in [5.74, 6) is -0.0614. The number of nitrogens with two attached hydrogens (primary N) is 1. The SMILES string of the molecule is Cl.Cn1cc(Cl)cc1C(=O)N(CCN)Cc1ccccc1. The molecule has 1 aromatic carbocycles. The number of halogens is 2. The van der Waals surface area contributed by atoms with Crippen molar-refractivity contribution in [2.45, 2.75) is 6.54 Å². The van der Waals surface area contributed by atoms with Crippen molar-refractivity contribution in [3.05, 3.63) is 58.9 Å². The van der Waals surface area contributed by atoms with Crippen LogP contribution in [0.5, 0.6) is 0 Å². The number of carbonyl (C=O) groups is 1. The summed E-state index contributed by atoms with van der Waals surface area (Å²) in [4.78, 5) is 14.3. The maximum atomic E-state index is 12.6. The third kappa shape index (κ3) is 4.49. The fraction of sp³-hybridized carbons (Fsp3) is 0.267. The standard InChI is InChI=1S/C15H18ClN3O.ClH/c1-18-11-13(16)9-14(18)15(20)19(8-7-17)10-12-5-3-2-4-6-12;/h2-6,9,11H,7-8,10,17H2,1H3;1H. The Hall–Kier alpha value is -1.49. The number of hydrogen-bond donors (Lipinski definition) is 1. The first-order valence-electron chi connectivity index (χ1n) is 6.47. The average molecular weight is 328 g/mol. The molecule has 2 N–H and O–H groups in total. The summed E-state index contributed by atoms with van der Waals surface area (Å²) in [7, 11) is 1.81. The Kier molecular flexibility index (Phi) is 6.75. The van der Waals surface area contributed by atoms with Gasteiger partial charge in [0.05, 0.1) is 5.02 Å². The summed E-state index contributed by atoms with van der Waals surface area (Å²) < 4.78 is 1.74. The second kappa shape index (κ2) is 8.08. The van der Waals surface area contributed by atoms with Crippen LogP contribution in [0.1, 0.15) is 16.1 Å². The quantitative estimate of drug-likeness (QED) is 0.917. The molecule has 0 bridgehead atoms. The molecule has 2 rings (SSSR count). The van der Waals surface area contributed by atoms with Crippen molar-refractivity contribution >= 4 is 29.9 Å². The van der Waals surface area contributed by atoms with Crippen molar-refractivity contribution < 1.29 is 4.79 Å². The minimum absolute atomic E-state index is 0. The molecule has 114 valence electrons. The number of aromatic nitrogens is 1. The number of hydrogen-bond acceptors (Lipinski definition) is 2. The zero-order valence-corrected chi connectivity index (χ0v) is 13.4. The van der Waals surface area contributed by atoms with Gasteiger partial charge in [-0.1, -0.05) is 41.9 Å². The Balaban J connectivity index is 0.00000220. The third-order valence-electron chi connectivity index (χ3n) is 3.09. The molecule has 1 aromatic heterocycles. The molecular formula is C15H19Cl2N3O. The topological polar surface area (TPSA) is 51.3 Å². The third-order valence-corrected chi connectivity index (χ3v) is 3.30. The minimum atomic E-state index is -0.0614. The molecule has 1 amide bonds. The lowest BCUT2D eigenvalue weighted by Crippen LogP contribution is -2.35. The lowest BCUT2D eigenvalue weighted by Gasteiger charge is -2.22. The van der Waals surface area contributed by atoms with Gasteiger partial charge in [-0.25, -0.2) is 0 Å². The number of nitrogens with zero attached hydrogens (tertiary/aromatic N) is 2. The zero-order chi connectivity index (χ0) is 14.5. The predicted molar refractivity (Wildman–Crippen MR) is 87.9 cm³/mol. The summed E-state index contributed by atoms with van der Waals surface area (Å²) in [6, 6.07) is 11.5. The molecule has 1 heterocycles. The van der Waals surface area contributed by atoms with E-state index in [1.165, 1.54) is 0 Å². The van der Waals surface area contributed by atoms with Crippen LogP contribution in [-0.4, -0.2) is 28.5 Å². The molecule has 0 saturated carbocycles. The molecular weight excluding hydrogens is 309 g/mol. The summed E-state index contributed by atoms with van der Waals surface area (Å²) in [5.41, 5.74) is 7.26. The van der Waals surface area contributed by atoms with Crippen LogP contribution in [0.2, 0.25) is 5.02 Å². The van der Waals surface area contributed by atoms with Crippen LogP contribution in [0.3, 0.4) is 0 Å². The largest absolute Gasteiger partial charge is 0.345 e. The van der Waals surface area contributed by atoms with Crippen molar-refractivity contribution in [2.75, 3.05) is 13.1 Å². The molecule has 6 heteroatoms. The molecule has 4 nitrogen and oxygen atoms in total. The van der Waals surface area contributed by atoms with Gasteiger partial charge in [0.1, 0.15) is 5.69 Å². The maximum absolute atomic E-state index is 12.6. The van der Waals surface area contributed by atoms with Crippen LogP contribution >= 0.6 is 24.0 Å². The van der Waals surface area contributed by atoms with Crippen LogP contribution in [0.4, 0.5) is 0 Å². The highest BCUT2D eigenvalue weighted by atomic mass is 35.5. The van der Waals surface area contributed by atoms with Gasteiger partial charge in [-0.2, -0.15) is 0 Å². The van der Waals surface area contributed by atoms with E-state index in [1.54, 1.807) is 21.7 Å². The Bertz CT molecular complexity index is 584. The first-order valence-corrected chi connectivity index (χ1v) is 6.84. The Morgan fingerprint density at radius 2 is 2.00 bits per heavy atom. The van der Waals surface area contributed by atoms with Gasteiger partial charge in [0.15, 0.2) is 0 Å². The average Bonchev–Trinajstić information content (AvgIpc) is 2.77. The van der Waals surface area contributed by atoms with E-state index in [1.807, 2.05) is 37.4 Å². The summed E-state index contributed by atoms with van der Waals surface area (Å²) >= 11 is 5.94. The molecule has 0 aliphatic heterocycles. The molecule has 0 radical (unpaired) electrons. The van der Waals surface area contributed by atoms with Crippen molar-refractivity contribution in [1.29, 1.82) is 0 Å². The minimum Gasteiger partial charge on any atom is -0.345 e. The summed E-state index contributed by atoms with van der Waals surface area (Å²) in [5, 5.41) is 0.559. The first-order chi connectivity index (χ1) is 9.61. The van der Waals surface area contributed by atoms with Crippen LogP contribution in [0.25, 0.3) is 0 Å². The molecule has 0 atom stereocenters. The van der Waals surface area contributed by atoms with E-state index in [0.717, 1.165) is 5.56 Å². The second-order valence-electron chi connectivity index (χ2n) is 4.66. The van der Waals surface area contributed by atoms with Crippen molar-refractivity contribution in [1.82, 2.24) is 9.47 Å². The van der Waals surface area contributed by atoms with Gasteiger partial charge in [-0.05, 0) is 11.6 Å². The van der Waals surface area contributed by atoms with Gasteiger partial charge in [0, 0.05) is 32.9 Å². The van der Waals surface area contributed by atoms with E-state index in [0.29, 0.717) is 30.4 Å². The molecule has 0 unspecified atom stereocenters. The van der Waals surface area contributed by atoms with Gasteiger partial charge in [-0.15, -0.1) is 12.4 Å². The Labute approximate surface area is 135 Å². The van der Waals surface area contributed by atoms with Gasteiger partial charge in [0.2, 0.25) is 0 Å². The lowest BCUT2D eigenvalue weighted by molar-refractivity contribution is 0.0738. The van der Waals surface area contributed by atoms with Gasteiger partial charge in [-0.3, -0.25) is 4.79 Å². The number of benzene rings is 1. The Morgan fingerprint density at radius 1 is 1.33 bits per heavy atom. The van der Waals surface area contributed by atoms with E-state index in [-0.39, 0.29) is 18.3 Å². The van der Waals surface area contributed by atoms with Gasteiger partial charge >= 0.3 is 0 Å². The highest BCUT2D eigenvalue weighted by Gasteiger charge is 2.18. The number of carbonyl (C=O) groups excluding carboxylic acids is 1. The number of amides is 1. The fourth-order valence-corrected chi connectivity index (χ4v) is 2.36. The van der Waals surface area contributed by atoms with Gasteiger partial charge < -0.3 is 15.2 Å². The summed E-state index contributed by atoms with van der Waals surface area (Å²) in [6.45, 7) is 1.48. The van der Waals surface area contributed by atoms with Gasteiger partial charge in [0.25, 0.3) is 5.91 Å². The summed E-state index contributed by atoms with van der Waals surface area (Å²) in [6.07, 6.45) is 1.72. The Morgan fingerprint density at radius 3 is 2.52 bits per heavy atom.